The zero-order chi connectivity index (χ0) is 14.0. The molecule has 104 valence electrons. The van der Waals surface area contributed by atoms with E-state index in [4.69, 9.17) is 9.84 Å². The maximum atomic E-state index is 13.8. The van der Waals surface area contributed by atoms with Crippen molar-refractivity contribution in [1.29, 1.82) is 0 Å². The Bertz CT molecular complexity index is 462. The van der Waals surface area contributed by atoms with Crippen LogP contribution in [0.2, 0.25) is 0 Å². The molecule has 1 saturated carbocycles. The van der Waals surface area contributed by atoms with Crippen molar-refractivity contribution in [3.63, 3.8) is 0 Å². The van der Waals surface area contributed by atoms with Gasteiger partial charge in [0.25, 0.3) is 0 Å². The van der Waals surface area contributed by atoms with E-state index >= 15 is 0 Å². The number of carbonyl (C=O) groups is 1. The SMILES string of the molecule is CC1CC(C)CC(Oc2c(F)cccc2C(=O)O)C1. The van der Waals surface area contributed by atoms with Crippen molar-refractivity contribution in [2.45, 2.75) is 39.2 Å². The molecule has 0 amide bonds. The molecular weight excluding hydrogens is 247 g/mol. The number of para-hydroxylation sites is 1. The summed E-state index contributed by atoms with van der Waals surface area (Å²) < 4.78 is 19.4. The van der Waals surface area contributed by atoms with Crippen molar-refractivity contribution in [3.8, 4) is 5.75 Å². The highest BCUT2D eigenvalue weighted by Gasteiger charge is 2.27. The molecule has 1 aromatic rings. The van der Waals surface area contributed by atoms with Gasteiger partial charge in [-0.05, 0) is 43.2 Å². The highest BCUT2D eigenvalue weighted by atomic mass is 19.1. The first-order chi connectivity index (χ1) is 8.97. The predicted molar refractivity (Wildman–Crippen MR) is 70.0 cm³/mol. The standard InChI is InChI=1S/C15H19FO3/c1-9-6-10(2)8-11(7-9)19-14-12(15(17)18)4-3-5-13(14)16/h3-5,9-11H,6-8H2,1-2H3,(H,17,18). The van der Waals surface area contributed by atoms with Crippen LogP contribution >= 0.6 is 0 Å². The summed E-state index contributed by atoms with van der Waals surface area (Å²) in [5.74, 6) is -0.846. The van der Waals surface area contributed by atoms with Crippen molar-refractivity contribution < 1.29 is 19.0 Å². The molecule has 0 aromatic heterocycles. The van der Waals surface area contributed by atoms with Gasteiger partial charge in [-0.1, -0.05) is 19.9 Å². The molecule has 0 saturated heterocycles. The van der Waals surface area contributed by atoms with Crippen LogP contribution in [0.25, 0.3) is 0 Å². The van der Waals surface area contributed by atoms with Crippen LogP contribution in [0.15, 0.2) is 18.2 Å². The van der Waals surface area contributed by atoms with Gasteiger partial charge in [-0.15, -0.1) is 0 Å². The number of hydrogen-bond acceptors (Lipinski definition) is 2. The number of benzene rings is 1. The van der Waals surface area contributed by atoms with Crippen LogP contribution in [0.1, 0.15) is 43.5 Å². The zero-order valence-electron chi connectivity index (χ0n) is 11.2. The lowest BCUT2D eigenvalue weighted by Gasteiger charge is -2.32. The molecule has 1 N–H and O–H groups in total. The number of rotatable bonds is 3. The largest absolute Gasteiger partial charge is 0.486 e. The number of carboxylic acids is 1. The van der Waals surface area contributed by atoms with Gasteiger partial charge in [0.1, 0.15) is 5.56 Å². The average molecular weight is 266 g/mol. The third kappa shape index (κ3) is 3.25. The monoisotopic (exact) mass is 266 g/mol. The van der Waals surface area contributed by atoms with Gasteiger partial charge in [-0.25, -0.2) is 9.18 Å². The molecule has 2 unspecified atom stereocenters. The highest BCUT2D eigenvalue weighted by molar-refractivity contribution is 5.90. The summed E-state index contributed by atoms with van der Waals surface area (Å²) in [6.07, 6.45) is 2.73. The van der Waals surface area contributed by atoms with Crippen LogP contribution in [0.3, 0.4) is 0 Å². The molecule has 0 heterocycles. The Morgan fingerprint density at radius 3 is 2.47 bits per heavy atom. The van der Waals surface area contributed by atoms with E-state index in [1.54, 1.807) is 0 Å². The minimum absolute atomic E-state index is 0.103. The lowest BCUT2D eigenvalue weighted by Crippen LogP contribution is -2.29. The average Bonchev–Trinajstić information content (AvgIpc) is 2.30. The third-order valence-corrected chi connectivity index (χ3v) is 3.62. The molecular formula is C15H19FO3. The summed E-state index contributed by atoms with van der Waals surface area (Å²) >= 11 is 0. The fourth-order valence-electron chi connectivity index (χ4n) is 2.93. The summed E-state index contributed by atoms with van der Waals surface area (Å²) in [7, 11) is 0. The van der Waals surface area contributed by atoms with E-state index in [9.17, 15) is 9.18 Å². The predicted octanol–water partition coefficient (Wildman–Crippen LogP) is 3.73. The normalized spacial score (nSPS) is 27.0. The van der Waals surface area contributed by atoms with E-state index in [-0.39, 0.29) is 17.4 Å². The quantitative estimate of drug-likeness (QED) is 0.906. The molecule has 2 rings (SSSR count). The van der Waals surface area contributed by atoms with E-state index < -0.39 is 11.8 Å². The molecule has 0 aliphatic heterocycles. The van der Waals surface area contributed by atoms with Crippen molar-refractivity contribution in [2.24, 2.45) is 11.8 Å². The molecule has 0 spiro atoms. The Kier molecular flexibility index (Phi) is 4.08. The van der Waals surface area contributed by atoms with Gasteiger partial charge in [-0.3, -0.25) is 0 Å². The Morgan fingerprint density at radius 1 is 1.26 bits per heavy atom. The van der Waals surface area contributed by atoms with E-state index in [2.05, 4.69) is 13.8 Å². The number of hydrogen-bond donors (Lipinski definition) is 1. The number of halogens is 1. The van der Waals surface area contributed by atoms with Gasteiger partial charge in [0, 0.05) is 0 Å². The van der Waals surface area contributed by atoms with Gasteiger partial charge in [0.15, 0.2) is 11.6 Å². The van der Waals surface area contributed by atoms with Crippen LogP contribution < -0.4 is 4.74 Å². The number of carboxylic acid groups (broad SMARTS) is 1. The van der Waals surface area contributed by atoms with Crippen molar-refractivity contribution in [2.75, 3.05) is 0 Å². The van der Waals surface area contributed by atoms with Crippen LogP contribution in [-0.2, 0) is 0 Å². The molecule has 1 aliphatic rings. The Balaban J connectivity index is 2.21. The molecule has 1 aliphatic carbocycles. The fraction of sp³-hybridized carbons (Fsp3) is 0.533. The first kappa shape index (κ1) is 13.8. The van der Waals surface area contributed by atoms with E-state index in [1.807, 2.05) is 0 Å². The second-order valence-corrected chi connectivity index (χ2v) is 5.58. The first-order valence-corrected chi connectivity index (χ1v) is 6.65. The molecule has 1 fully saturated rings. The summed E-state index contributed by atoms with van der Waals surface area (Å²) in [5, 5.41) is 9.08. The molecule has 1 aromatic carbocycles. The maximum absolute atomic E-state index is 13.8. The van der Waals surface area contributed by atoms with Gasteiger partial charge < -0.3 is 9.84 Å². The van der Waals surface area contributed by atoms with Gasteiger partial charge in [0.05, 0.1) is 6.10 Å². The molecule has 0 radical (unpaired) electrons. The van der Waals surface area contributed by atoms with Crippen molar-refractivity contribution in [1.82, 2.24) is 0 Å². The minimum Gasteiger partial charge on any atom is -0.486 e. The second kappa shape index (κ2) is 5.59. The lowest BCUT2D eigenvalue weighted by atomic mass is 9.82. The summed E-state index contributed by atoms with van der Waals surface area (Å²) in [6, 6.07) is 3.99. The molecule has 2 atom stereocenters. The zero-order valence-corrected chi connectivity index (χ0v) is 11.2. The van der Waals surface area contributed by atoms with E-state index in [0.29, 0.717) is 11.8 Å². The second-order valence-electron chi connectivity index (χ2n) is 5.58. The summed E-state index contributed by atoms with van der Waals surface area (Å²) in [4.78, 5) is 11.1. The Hall–Kier alpha value is -1.58. The van der Waals surface area contributed by atoms with Crippen LogP contribution in [0.4, 0.5) is 4.39 Å². The van der Waals surface area contributed by atoms with Gasteiger partial charge >= 0.3 is 5.97 Å². The Morgan fingerprint density at radius 2 is 1.89 bits per heavy atom. The lowest BCUT2D eigenvalue weighted by molar-refractivity contribution is 0.0670. The van der Waals surface area contributed by atoms with Crippen molar-refractivity contribution >= 4 is 5.97 Å². The van der Waals surface area contributed by atoms with Crippen LogP contribution in [-0.4, -0.2) is 17.2 Å². The maximum Gasteiger partial charge on any atom is 0.339 e. The first-order valence-electron chi connectivity index (χ1n) is 6.65. The van der Waals surface area contributed by atoms with Crippen LogP contribution in [0.5, 0.6) is 5.75 Å². The van der Waals surface area contributed by atoms with Gasteiger partial charge in [-0.2, -0.15) is 0 Å². The molecule has 19 heavy (non-hydrogen) atoms. The molecule has 3 nitrogen and oxygen atoms in total. The van der Waals surface area contributed by atoms with Gasteiger partial charge in [0.2, 0.25) is 0 Å². The number of ether oxygens (including phenoxy) is 1. The summed E-state index contributed by atoms with van der Waals surface area (Å²) in [6.45, 7) is 4.29. The summed E-state index contributed by atoms with van der Waals surface area (Å²) in [5.41, 5.74) is -0.106. The Labute approximate surface area is 112 Å². The number of aromatic carboxylic acids is 1. The van der Waals surface area contributed by atoms with E-state index in [0.717, 1.165) is 19.3 Å². The fourth-order valence-corrected chi connectivity index (χ4v) is 2.93. The van der Waals surface area contributed by atoms with Crippen LogP contribution in [0, 0.1) is 17.7 Å². The molecule has 4 heteroatoms. The van der Waals surface area contributed by atoms with E-state index in [1.165, 1.54) is 18.2 Å². The topological polar surface area (TPSA) is 46.5 Å². The molecule has 0 bridgehead atoms. The third-order valence-electron chi connectivity index (χ3n) is 3.62. The smallest absolute Gasteiger partial charge is 0.339 e. The highest BCUT2D eigenvalue weighted by Crippen LogP contribution is 2.33. The van der Waals surface area contributed by atoms with Crippen molar-refractivity contribution in [3.05, 3.63) is 29.6 Å². The minimum atomic E-state index is -1.16.